The van der Waals surface area contributed by atoms with E-state index in [1.807, 2.05) is 16.9 Å². The van der Waals surface area contributed by atoms with Crippen molar-refractivity contribution in [2.45, 2.75) is 51.9 Å². The van der Waals surface area contributed by atoms with Crippen molar-refractivity contribution in [1.29, 1.82) is 0 Å². The van der Waals surface area contributed by atoms with E-state index in [1.165, 1.54) is 0 Å². The third-order valence-electron chi connectivity index (χ3n) is 3.76. The SMILES string of the molecule is CCCN1CCOC(C(O)Cc2ccn(C(C)C)n2)C1. The highest BCUT2D eigenvalue weighted by atomic mass is 16.5. The van der Waals surface area contributed by atoms with Gasteiger partial charge in [-0.1, -0.05) is 6.92 Å². The maximum Gasteiger partial charge on any atom is 0.0964 e. The summed E-state index contributed by atoms with van der Waals surface area (Å²) in [6.45, 7) is 9.95. The van der Waals surface area contributed by atoms with Gasteiger partial charge in [-0.3, -0.25) is 9.58 Å². The first-order valence-corrected chi connectivity index (χ1v) is 7.66. The molecule has 0 aliphatic carbocycles. The van der Waals surface area contributed by atoms with Gasteiger partial charge >= 0.3 is 0 Å². The van der Waals surface area contributed by atoms with Gasteiger partial charge in [0.05, 0.1) is 24.5 Å². The van der Waals surface area contributed by atoms with Crippen molar-refractivity contribution < 1.29 is 9.84 Å². The average molecular weight is 281 g/mol. The molecule has 0 saturated carbocycles. The van der Waals surface area contributed by atoms with E-state index in [-0.39, 0.29) is 6.10 Å². The summed E-state index contributed by atoms with van der Waals surface area (Å²) in [4.78, 5) is 2.37. The van der Waals surface area contributed by atoms with Gasteiger partial charge in [0.2, 0.25) is 0 Å². The Morgan fingerprint density at radius 1 is 1.50 bits per heavy atom. The van der Waals surface area contributed by atoms with Gasteiger partial charge in [0.25, 0.3) is 0 Å². The summed E-state index contributed by atoms with van der Waals surface area (Å²) >= 11 is 0. The van der Waals surface area contributed by atoms with Crippen molar-refractivity contribution >= 4 is 0 Å². The molecule has 1 aliphatic heterocycles. The molecule has 0 aromatic carbocycles. The number of nitrogens with zero attached hydrogens (tertiary/aromatic N) is 3. The van der Waals surface area contributed by atoms with Crippen LogP contribution in [0.25, 0.3) is 0 Å². The molecular weight excluding hydrogens is 254 g/mol. The van der Waals surface area contributed by atoms with Gasteiger partial charge in [-0.2, -0.15) is 5.10 Å². The van der Waals surface area contributed by atoms with E-state index in [1.54, 1.807) is 0 Å². The van der Waals surface area contributed by atoms with Gasteiger partial charge in [-0.05, 0) is 32.9 Å². The van der Waals surface area contributed by atoms with Crippen LogP contribution in [0.4, 0.5) is 0 Å². The van der Waals surface area contributed by atoms with Crippen molar-refractivity contribution in [3.63, 3.8) is 0 Å². The van der Waals surface area contributed by atoms with Crippen LogP contribution < -0.4 is 0 Å². The van der Waals surface area contributed by atoms with Crippen molar-refractivity contribution in [3.8, 4) is 0 Å². The Kier molecular flexibility index (Phi) is 5.57. The summed E-state index contributed by atoms with van der Waals surface area (Å²) < 4.78 is 7.64. The fourth-order valence-corrected chi connectivity index (χ4v) is 2.60. The van der Waals surface area contributed by atoms with Crippen molar-refractivity contribution in [2.24, 2.45) is 0 Å². The molecule has 1 aromatic rings. The minimum atomic E-state index is -0.481. The highest BCUT2D eigenvalue weighted by Crippen LogP contribution is 2.14. The third kappa shape index (κ3) is 4.04. The zero-order valence-electron chi connectivity index (χ0n) is 12.8. The molecule has 2 atom stereocenters. The van der Waals surface area contributed by atoms with Crippen LogP contribution >= 0.6 is 0 Å². The summed E-state index contributed by atoms with van der Waals surface area (Å²) in [5.41, 5.74) is 0.933. The highest BCUT2D eigenvalue weighted by Gasteiger charge is 2.27. The monoisotopic (exact) mass is 281 g/mol. The number of aliphatic hydroxyl groups excluding tert-OH is 1. The summed E-state index contributed by atoms with van der Waals surface area (Å²) in [6, 6.07) is 2.34. The zero-order chi connectivity index (χ0) is 14.5. The smallest absolute Gasteiger partial charge is 0.0964 e. The summed E-state index contributed by atoms with van der Waals surface area (Å²) in [7, 11) is 0. The number of rotatable bonds is 6. The summed E-state index contributed by atoms with van der Waals surface area (Å²) in [5, 5.41) is 14.8. The van der Waals surface area contributed by atoms with Crippen molar-refractivity contribution in [1.82, 2.24) is 14.7 Å². The van der Waals surface area contributed by atoms with Crippen LogP contribution in [0.3, 0.4) is 0 Å². The van der Waals surface area contributed by atoms with Gasteiger partial charge in [0, 0.05) is 31.7 Å². The lowest BCUT2D eigenvalue weighted by Gasteiger charge is -2.34. The van der Waals surface area contributed by atoms with E-state index in [4.69, 9.17) is 4.74 Å². The molecule has 5 nitrogen and oxygen atoms in total. The second-order valence-electron chi connectivity index (χ2n) is 5.86. The van der Waals surface area contributed by atoms with Crippen LogP contribution in [0, 0.1) is 0 Å². The van der Waals surface area contributed by atoms with Crippen LogP contribution in [-0.2, 0) is 11.2 Å². The molecule has 5 heteroatoms. The number of ether oxygens (including phenoxy) is 1. The van der Waals surface area contributed by atoms with E-state index >= 15 is 0 Å². The minimum absolute atomic E-state index is 0.0977. The molecule has 114 valence electrons. The molecule has 2 rings (SSSR count). The Morgan fingerprint density at radius 3 is 2.95 bits per heavy atom. The number of hydrogen-bond donors (Lipinski definition) is 1. The van der Waals surface area contributed by atoms with Gasteiger partial charge in [-0.15, -0.1) is 0 Å². The van der Waals surface area contributed by atoms with Crippen molar-refractivity contribution in [2.75, 3.05) is 26.2 Å². The fourth-order valence-electron chi connectivity index (χ4n) is 2.60. The number of aliphatic hydroxyl groups is 1. The fraction of sp³-hybridized carbons (Fsp3) is 0.800. The highest BCUT2D eigenvalue weighted by molar-refractivity contribution is 5.02. The van der Waals surface area contributed by atoms with E-state index < -0.39 is 6.10 Å². The Hall–Kier alpha value is -0.910. The van der Waals surface area contributed by atoms with Gasteiger partial charge in [0.15, 0.2) is 0 Å². The molecular formula is C15H27N3O2. The largest absolute Gasteiger partial charge is 0.390 e. The maximum atomic E-state index is 10.4. The summed E-state index contributed by atoms with van der Waals surface area (Å²) in [5.74, 6) is 0. The van der Waals surface area contributed by atoms with Crippen LogP contribution in [0.5, 0.6) is 0 Å². The first-order chi connectivity index (χ1) is 9.60. The molecule has 1 aromatic heterocycles. The standard InChI is InChI=1S/C15H27N3O2/c1-4-6-17-8-9-20-15(11-17)14(19)10-13-5-7-18(16-13)12(2)3/h5,7,12,14-15,19H,4,6,8-11H2,1-3H3. The number of aromatic nitrogens is 2. The summed E-state index contributed by atoms with van der Waals surface area (Å²) in [6.07, 6.45) is 3.09. The third-order valence-corrected chi connectivity index (χ3v) is 3.76. The molecule has 0 radical (unpaired) electrons. The lowest BCUT2D eigenvalue weighted by Crippen LogP contribution is -2.48. The maximum absolute atomic E-state index is 10.4. The van der Waals surface area contributed by atoms with Crippen LogP contribution in [0.2, 0.25) is 0 Å². The Bertz CT molecular complexity index is 404. The molecule has 2 unspecified atom stereocenters. The van der Waals surface area contributed by atoms with Crippen molar-refractivity contribution in [3.05, 3.63) is 18.0 Å². The Morgan fingerprint density at radius 2 is 2.30 bits per heavy atom. The van der Waals surface area contributed by atoms with E-state index in [2.05, 4.69) is 30.8 Å². The topological polar surface area (TPSA) is 50.5 Å². The lowest BCUT2D eigenvalue weighted by molar-refractivity contribution is -0.0879. The molecule has 1 aliphatic rings. The lowest BCUT2D eigenvalue weighted by atomic mass is 10.1. The average Bonchev–Trinajstić information content (AvgIpc) is 2.88. The molecule has 20 heavy (non-hydrogen) atoms. The number of hydrogen-bond acceptors (Lipinski definition) is 4. The molecule has 2 heterocycles. The van der Waals surface area contributed by atoms with E-state index in [0.717, 1.165) is 31.7 Å². The molecule has 1 saturated heterocycles. The van der Waals surface area contributed by atoms with Crippen LogP contribution in [-0.4, -0.2) is 58.2 Å². The predicted molar refractivity (Wildman–Crippen MR) is 78.8 cm³/mol. The first-order valence-electron chi connectivity index (χ1n) is 7.66. The first kappa shape index (κ1) is 15.5. The normalized spacial score (nSPS) is 22.4. The second-order valence-corrected chi connectivity index (χ2v) is 5.86. The van der Waals surface area contributed by atoms with Gasteiger partial charge < -0.3 is 9.84 Å². The van der Waals surface area contributed by atoms with Crippen LogP contribution in [0.1, 0.15) is 38.9 Å². The van der Waals surface area contributed by atoms with E-state index in [0.29, 0.717) is 19.1 Å². The van der Waals surface area contributed by atoms with Gasteiger partial charge in [0.1, 0.15) is 0 Å². The molecule has 0 bridgehead atoms. The zero-order valence-corrected chi connectivity index (χ0v) is 12.8. The second kappa shape index (κ2) is 7.20. The molecule has 0 amide bonds. The number of morpholine rings is 1. The quantitative estimate of drug-likeness (QED) is 0.858. The molecule has 0 spiro atoms. The molecule has 1 N–H and O–H groups in total. The predicted octanol–water partition coefficient (Wildman–Crippen LogP) is 1.48. The Labute approximate surface area is 121 Å². The van der Waals surface area contributed by atoms with Crippen LogP contribution in [0.15, 0.2) is 12.3 Å². The van der Waals surface area contributed by atoms with E-state index in [9.17, 15) is 5.11 Å². The Balaban J connectivity index is 1.88. The van der Waals surface area contributed by atoms with Gasteiger partial charge in [-0.25, -0.2) is 0 Å². The molecule has 1 fully saturated rings. The minimum Gasteiger partial charge on any atom is -0.390 e.